The molecule has 0 saturated heterocycles. The second kappa shape index (κ2) is 4.15. The van der Waals surface area contributed by atoms with Crippen LogP contribution >= 0.6 is 0 Å². The SMILES string of the molecule is Cc1cc(O)c2ccccc2c1-c1cccnc1. The number of pyridine rings is 1. The van der Waals surface area contributed by atoms with Crippen LogP contribution in [0.3, 0.4) is 0 Å². The van der Waals surface area contributed by atoms with Gasteiger partial charge in [0.2, 0.25) is 0 Å². The number of benzene rings is 2. The fourth-order valence-corrected chi connectivity index (χ4v) is 2.39. The van der Waals surface area contributed by atoms with Gasteiger partial charge in [-0.2, -0.15) is 0 Å². The third-order valence-electron chi connectivity index (χ3n) is 3.17. The number of aromatic hydroxyl groups is 1. The standard InChI is InChI=1S/C16H13NO/c1-11-9-15(18)13-6-2-3-7-14(13)16(11)12-5-4-8-17-10-12/h2-10,18H,1H3. The van der Waals surface area contributed by atoms with Gasteiger partial charge in [-0.25, -0.2) is 0 Å². The van der Waals surface area contributed by atoms with Crippen LogP contribution in [-0.4, -0.2) is 10.1 Å². The Bertz CT molecular complexity index is 705. The van der Waals surface area contributed by atoms with E-state index in [4.69, 9.17) is 0 Å². The molecule has 0 amide bonds. The van der Waals surface area contributed by atoms with E-state index in [2.05, 4.69) is 4.98 Å². The molecule has 0 radical (unpaired) electrons. The molecule has 3 rings (SSSR count). The van der Waals surface area contributed by atoms with Gasteiger partial charge >= 0.3 is 0 Å². The lowest BCUT2D eigenvalue weighted by Crippen LogP contribution is -1.87. The van der Waals surface area contributed by atoms with Crippen molar-refractivity contribution in [1.82, 2.24) is 4.98 Å². The van der Waals surface area contributed by atoms with Gasteiger partial charge in [-0.3, -0.25) is 4.98 Å². The zero-order valence-electron chi connectivity index (χ0n) is 10.1. The average Bonchev–Trinajstić information content (AvgIpc) is 2.40. The van der Waals surface area contributed by atoms with E-state index >= 15 is 0 Å². The smallest absolute Gasteiger partial charge is 0.123 e. The Balaban J connectivity index is 2.42. The van der Waals surface area contributed by atoms with Crippen molar-refractivity contribution in [3.8, 4) is 16.9 Å². The summed E-state index contributed by atoms with van der Waals surface area (Å²) in [5.74, 6) is 0.329. The lowest BCUT2D eigenvalue weighted by Gasteiger charge is -2.11. The summed E-state index contributed by atoms with van der Waals surface area (Å²) < 4.78 is 0. The fraction of sp³-hybridized carbons (Fsp3) is 0.0625. The van der Waals surface area contributed by atoms with Crippen LogP contribution in [0.4, 0.5) is 0 Å². The molecule has 1 aromatic heterocycles. The first-order valence-electron chi connectivity index (χ1n) is 5.89. The number of hydrogen-bond donors (Lipinski definition) is 1. The van der Waals surface area contributed by atoms with Crippen LogP contribution < -0.4 is 0 Å². The van der Waals surface area contributed by atoms with Crippen molar-refractivity contribution in [3.63, 3.8) is 0 Å². The molecule has 2 aromatic carbocycles. The molecule has 0 aliphatic rings. The van der Waals surface area contributed by atoms with Crippen molar-refractivity contribution >= 4 is 10.8 Å². The number of aromatic nitrogens is 1. The first-order valence-corrected chi connectivity index (χ1v) is 5.89. The Morgan fingerprint density at radius 2 is 1.78 bits per heavy atom. The van der Waals surface area contributed by atoms with Crippen LogP contribution in [0, 0.1) is 6.92 Å². The summed E-state index contributed by atoms with van der Waals surface area (Å²) in [5, 5.41) is 11.9. The number of aryl methyl sites for hydroxylation is 1. The van der Waals surface area contributed by atoms with Gasteiger partial charge in [0.25, 0.3) is 0 Å². The quantitative estimate of drug-likeness (QED) is 0.693. The zero-order valence-corrected chi connectivity index (χ0v) is 10.1. The molecule has 0 fully saturated rings. The van der Waals surface area contributed by atoms with Crippen molar-refractivity contribution in [2.75, 3.05) is 0 Å². The van der Waals surface area contributed by atoms with E-state index in [0.717, 1.165) is 27.5 Å². The van der Waals surface area contributed by atoms with Gasteiger partial charge in [0.15, 0.2) is 0 Å². The maximum absolute atomic E-state index is 10.0. The van der Waals surface area contributed by atoms with E-state index in [1.54, 1.807) is 6.20 Å². The Morgan fingerprint density at radius 3 is 2.50 bits per heavy atom. The van der Waals surface area contributed by atoms with Gasteiger partial charge < -0.3 is 5.11 Å². The van der Waals surface area contributed by atoms with E-state index in [1.165, 1.54) is 0 Å². The minimum atomic E-state index is 0.329. The molecule has 0 bridgehead atoms. The second-order valence-electron chi connectivity index (χ2n) is 4.37. The molecule has 18 heavy (non-hydrogen) atoms. The van der Waals surface area contributed by atoms with E-state index < -0.39 is 0 Å². The van der Waals surface area contributed by atoms with Crippen molar-refractivity contribution in [1.29, 1.82) is 0 Å². The molecule has 2 heteroatoms. The molecule has 0 aliphatic heterocycles. The summed E-state index contributed by atoms with van der Waals surface area (Å²) in [5.41, 5.74) is 3.27. The second-order valence-corrected chi connectivity index (χ2v) is 4.37. The third-order valence-corrected chi connectivity index (χ3v) is 3.17. The Labute approximate surface area is 106 Å². The normalized spacial score (nSPS) is 10.7. The number of rotatable bonds is 1. The Morgan fingerprint density at radius 1 is 1.00 bits per heavy atom. The van der Waals surface area contributed by atoms with Crippen molar-refractivity contribution in [2.24, 2.45) is 0 Å². The van der Waals surface area contributed by atoms with Crippen LogP contribution in [0.15, 0.2) is 54.9 Å². The summed E-state index contributed by atoms with van der Waals surface area (Å²) in [7, 11) is 0. The summed E-state index contributed by atoms with van der Waals surface area (Å²) in [6, 6.07) is 13.7. The Kier molecular flexibility index (Phi) is 2.49. The topological polar surface area (TPSA) is 33.1 Å². The van der Waals surface area contributed by atoms with Crippen LogP contribution in [0.1, 0.15) is 5.56 Å². The highest BCUT2D eigenvalue weighted by atomic mass is 16.3. The molecule has 1 N–H and O–H groups in total. The molecule has 0 aliphatic carbocycles. The van der Waals surface area contributed by atoms with Crippen molar-refractivity contribution in [3.05, 3.63) is 60.4 Å². The first-order chi connectivity index (χ1) is 8.77. The lowest BCUT2D eigenvalue weighted by molar-refractivity contribution is 0.481. The van der Waals surface area contributed by atoms with E-state index in [0.29, 0.717) is 5.75 Å². The van der Waals surface area contributed by atoms with E-state index in [9.17, 15) is 5.11 Å². The number of phenolic OH excluding ortho intramolecular Hbond substituents is 1. The molecule has 0 saturated carbocycles. The molecule has 0 atom stereocenters. The maximum atomic E-state index is 10.0. The molecule has 0 spiro atoms. The van der Waals surface area contributed by atoms with Crippen LogP contribution in [0.2, 0.25) is 0 Å². The highest BCUT2D eigenvalue weighted by Gasteiger charge is 2.10. The molecule has 2 nitrogen and oxygen atoms in total. The molecule has 0 unspecified atom stereocenters. The van der Waals surface area contributed by atoms with Gasteiger partial charge in [0, 0.05) is 23.3 Å². The molecular formula is C16H13NO. The maximum Gasteiger partial charge on any atom is 0.123 e. The van der Waals surface area contributed by atoms with Crippen LogP contribution in [0.25, 0.3) is 21.9 Å². The van der Waals surface area contributed by atoms with E-state index in [-0.39, 0.29) is 0 Å². The predicted octanol–water partition coefficient (Wildman–Crippen LogP) is 3.92. The minimum absolute atomic E-state index is 0.329. The van der Waals surface area contributed by atoms with Crippen molar-refractivity contribution < 1.29 is 5.11 Å². The molecule has 3 aromatic rings. The summed E-state index contributed by atoms with van der Waals surface area (Å²) in [6.45, 7) is 2.01. The Hall–Kier alpha value is -2.35. The zero-order chi connectivity index (χ0) is 12.5. The highest BCUT2D eigenvalue weighted by molar-refractivity contribution is 6.01. The van der Waals surface area contributed by atoms with E-state index in [1.807, 2.05) is 55.6 Å². The molecule has 88 valence electrons. The first kappa shape index (κ1) is 10.8. The molecular weight excluding hydrogens is 222 g/mol. The summed E-state index contributed by atoms with van der Waals surface area (Å²) in [6.07, 6.45) is 3.62. The van der Waals surface area contributed by atoms with Crippen molar-refractivity contribution in [2.45, 2.75) is 6.92 Å². The fourth-order valence-electron chi connectivity index (χ4n) is 2.39. The lowest BCUT2D eigenvalue weighted by atomic mass is 9.94. The monoisotopic (exact) mass is 235 g/mol. The van der Waals surface area contributed by atoms with Gasteiger partial charge in [-0.15, -0.1) is 0 Å². The van der Waals surface area contributed by atoms with Gasteiger partial charge in [0.05, 0.1) is 0 Å². The average molecular weight is 235 g/mol. The number of nitrogens with zero attached hydrogens (tertiary/aromatic N) is 1. The van der Waals surface area contributed by atoms with Gasteiger partial charge in [-0.1, -0.05) is 30.3 Å². The largest absolute Gasteiger partial charge is 0.507 e. The van der Waals surface area contributed by atoms with Gasteiger partial charge in [-0.05, 0) is 35.6 Å². The number of phenols is 1. The van der Waals surface area contributed by atoms with Crippen LogP contribution in [-0.2, 0) is 0 Å². The predicted molar refractivity (Wildman–Crippen MR) is 73.6 cm³/mol. The number of fused-ring (bicyclic) bond motifs is 1. The summed E-state index contributed by atoms with van der Waals surface area (Å²) in [4.78, 5) is 4.17. The van der Waals surface area contributed by atoms with Gasteiger partial charge in [0.1, 0.15) is 5.75 Å². The summed E-state index contributed by atoms with van der Waals surface area (Å²) >= 11 is 0. The number of hydrogen-bond acceptors (Lipinski definition) is 2. The molecule has 1 heterocycles. The third kappa shape index (κ3) is 1.63. The highest BCUT2D eigenvalue weighted by Crippen LogP contribution is 2.36. The minimum Gasteiger partial charge on any atom is -0.507 e. The van der Waals surface area contributed by atoms with Crippen LogP contribution in [0.5, 0.6) is 5.75 Å².